The lowest BCUT2D eigenvalue weighted by atomic mass is 9.85. The lowest BCUT2D eigenvalue weighted by molar-refractivity contribution is -0.120. The molecule has 102 valence electrons. The van der Waals surface area contributed by atoms with Crippen molar-refractivity contribution in [1.82, 2.24) is 0 Å². The minimum atomic E-state index is -0.976. The van der Waals surface area contributed by atoms with Crippen molar-refractivity contribution in [3.8, 4) is 0 Å². The molecule has 1 aliphatic carbocycles. The normalized spacial score (nSPS) is 22.8. The molecule has 0 aromatic heterocycles. The average molecular weight is 262 g/mol. The highest BCUT2D eigenvalue weighted by molar-refractivity contribution is 5.93. The van der Waals surface area contributed by atoms with Gasteiger partial charge in [-0.2, -0.15) is 0 Å². The number of nitrogens with two attached hydrogens (primary N) is 1. The lowest BCUT2D eigenvalue weighted by Gasteiger charge is -2.25. The standard InChI is InChI=1S/C14H18N2O3/c15-11-3-1-2-10(8-11)13(17)16-12-6-4-9(5-7-12)14(18)19/h4-7,10-11H,1-3,8,15H2,(H,16,17)(H,18,19). The Morgan fingerprint density at radius 3 is 2.47 bits per heavy atom. The number of hydrogen-bond acceptors (Lipinski definition) is 3. The number of carboxylic acids is 1. The summed E-state index contributed by atoms with van der Waals surface area (Å²) in [5.74, 6) is -1.04. The Balaban J connectivity index is 1.96. The van der Waals surface area contributed by atoms with Crippen LogP contribution in [0.15, 0.2) is 24.3 Å². The Labute approximate surface area is 111 Å². The van der Waals surface area contributed by atoms with Gasteiger partial charge >= 0.3 is 5.97 Å². The molecule has 5 nitrogen and oxygen atoms in total. The fraction of sp³-hybridized carbons (Fsp3) is 0.429. The first kappa shape index (κ1) is 13.5. The largest absolute Gasteiger partial charge is 0.478 e. The molecule has 2 unspecified atom stereocenters. The quantitative estimate of drug-likeness (QED) is 0.775. The number of nitrogens with one attached hydrogen (secondary N) is 1. The van der Waals surface area contributed by atoms with Crippen LogP contribution in [0.5, 0.6) is 0 Å². The molecule has 0 spiro atoms. The van der Waals surface area contributed by atoms with Gasteiger partial charge in [0.1, 0.15) is 0 Å². The van der Waals surface area contributed by atoms with Gasteiger partial charge in [-0.3, -0.25) is 4.79 Å². The van der Waals surface area contributed by atoms with E-state index in [4.69, 9.17) is 10.8 Å². The molecular weight excluding hydrogens is 244 g/mol. The Kier molecular flexibility index (Phi) is 4.16. The summed E-state index contributed by atoms with van der Waals surface area (Å²) in [6.45, 7) is 0. The van der Waals surface area contributed by atoms with E-state index < -0.39 is 5.97 Å². The van der Waals surface area contributed by atoms with Crippen LogP contribution in [0.25, 0.3) is 0 Å². The SMILES string of the molecule is NC1CCCC(C(=O)Nc2ccc(C(=O)O)cc2)C1. The van der Waals surface area contributed by atoms with Crippen LogP contribution in [0.4, 0.5) is 5.69 Å². The van der Waals surface area contributed by atoms with E-state index in [0.717, 1.165) is 25.7 Å². The fourth-order valence-electron chi connectivity index (χ4n) is 2.41. The van der Waals surface area contributed by atoms with E-state index in [1.807, 2.05) is 0 Å². The second-order valence-corrected chi connectivity index (χ2v) is 5.00. The number of rotatable bonds is 3. The molecule has 1 fully saturated rings. The molecule has 2 rings (SSSR count). The van der Waals surface area contributed by atoms with Crippen molar-refractivity contribution in [2.24, 2.45) is 11.7 Å². The first-order valence-corrected chi connectivity index (χ1v) is 6.46. The third kappa shape index (κ3) is 3.54. The van der Waals surface area contributed by atoms with Gasteiger partial charge in [0.25, 0.3) is 0 Å². The molecular formula is C14H18N2O3. The van der Waals surface area contributed by atoms with Gasteiger partial charge in [-0.25, -0.2) is 4.79 Å². The van der Waals surface area contributed by atoms with Gasteiger partial charge in [0.2, 0.25) is 5.91 Å². The molecule has 0 radical (unpaired) electrons. The lowest BCUT2D eigenvalue weighted by Crippen LogP contribution is -2.34. The van der Waals surface area contributed by atoms with Crippen LogP contribution in [0.1, 0.15) is 36.0 Å². The molecule has 4 N–H and O–H groups in total. The number of aromatic carboxylic acids is 1. The molecule has 1 aliphatic rings. The zero-order chi connectivity index (χ0) is 13.8. The first-order valence-electron chi connectivity index (χ1n) is 6.46. The fourth-order valence-corrected chi connectivity index (χ4v) is 2.41. The highest BCUT2D eigenvalue weighted by atomic mass is 16.4. The van der Waals surface area contributed by atoms with Gasteiger partial charge < -0.3 is 16.2 Å². The average Bonchev–Trinajstić information content (AvgIpc) is 2.39. The summed E-state index contributed by atoms with van der Waals surface area (Å²) in [7, 11) is 0. The molecule has 19 heavy (non-hydrogen) atoms. The van der Waals surface area contributed by atoms with Crippen LogP contribution >= 0.6 is 0 Å². The van der Waals surface area contributed by atoms with E-state index in [0.29, 0.717) is 5.69 Å². The van der Waals surface area contributed by atoms with Crippen LogP contribution in [0.2, 0.25) is 0 Å². The van der Waals surface area contributed by atoms with Crippen molar-refractivity contribution in [2.45, 2.75) is 31.7 Å². The summed E-state index contributed by atoms with van der Waals surface area (Å²) in [4.78, 5) is 22.8. The van der Waals surface area contributed by atoms with Gasteiger partial charge in [0, 0.05) is 17.6 Å². The molecule has 1 saturated carbocycles. The van der Waals surface area contributed by atoms with Gasteiger partial charge in [-0.05, 0) is 43.5 Å². The van der Waals surface area contributed by atoms with Crippen LogP contribution in [-0.4, -0.2) is 23.0 Å². The summed E-state index contributed by atoms with van der Waals surface area (Å²) in [5.41, 5.74) is 6.69. The van der Waals surface area contributed by atoms with Gasteiger partial charge in [-0.15, -0.1) is 0 Å². The molecule has 0 heterocycles. The van der Waals surface area contributed by atoms with Crippen LogP contribution in [-0.2, 0) is 4.79 Å². The molecule has 0 bridgehead atoms. The van der Waals surface area contributed by atoms with Gasteiger partial charge in [0.15, 0.2) is 0 Å². The van der Waals surface area contributed by atoms with E-state index in [1.54, 1.807) is 12.1 Å². The zero-order valence-electron chi connectivity index (χ0n) is 10.6. The van der Waals surface area contributed by atoms with Gasteiger partial charge in [-0.1, -0.05) is 6.42 Å². The molecule has 0 aliphatic heterocycles. The first-order chi connectivity index (χ1) is 9.06. The predicted molar refractivity (Wildman–Crippen MR) is 72.0 cm³/mol. The maximum atomic E-state index is 12.0. The monoisotopic (exact) mass is 262 g/mol. The van der Waals surface area contributed by atoms with Crippen LogP contribution in [0, 0.1) is 5.92 Å². The van der Waals surface area contributed by atoms with Crippen molar-refractivity contribution in [2.75, 3.05) is 5.32 Å². The summed E-state index contributed by atoms with van der Waals surface area (Å²) >= 11 is 0. The minimum Gasteiger partial charge on any atom is -0.478 e. The van der Waals surface area contributed by atoms with Crippen molar-refractivity contribution >= 4 is 17.6 Å². The Hall–Kier alpha value is -1.88. The van der Waals surface area contributed by atoms with Crippen LogP contribution < -0.4 is 11.1 Å². The maximum Gasteiger partial charge on any atom is 0.335 e. The number of carbonyl (C=O) groups is 2. The van der Waals surface area contributed by atoms with E-state index in [9.17, 15) is 9.59 Å². The van der Waals surface area contributed by atoms with Crippen molar-refractivity contribution in [3.63, 3.8) is 0 Å². The smallest absolute Gasteiger partial charge is 0.335 e. The van der Waals surface area contributed by atoms with E-state index >= 15 is 0 Å². The predicted octanol–water partition coefficient (Wildman–Crippen LogP) is 1.84. The topological polar surface area (TPSA) is 92.4 Å². The molecule has 5 heteroatoms. The molecule has 1 aromatic rings. The minimum absolute atomic E-state index is 0.0294. The summed E-state index contributed by atoms with van der Waals surface area (Å²) in [6.07, 6.45) is 3.56. The zero-order valence-corrected chi connectivity index (χ0v) is 10.6. The molecule has 1 aromatic carbocycles. The van der Waals surface area contributed by atoms with E-state index in [-0.39, 0.29) is 23.4 Å². The highest BCUT2D eigenvalue weighted by Crippen LogP contribution is 2.24. The highest BCUT2D eigenvalue weighted by Gasteiger charge is 2.25. The van der Waals surface area contributed by atoms with Crippen LogP contribution in [0.3, 0.4) is 0 Å². The molecule has 1 amide bonds. The number of benzene rings is 1. The van der Waals surface area contributed by atoms with Crippen molar-refractivity contribution in [3.05, 3.63) is 29.8 Å². The Morgan fingerprint density at radius 2 is 1.89 bits per heavy atom. The maximum absolute atomic E-state index is 12.0. The van der Waals surface area contributed by atoms with E-state index in [2.05, 4.69) is 5.32 Å². The third-order valence-corrected chi connectivity index (χ3v) is 3.48. The Morgan fingerprint density at radius 1 is 1.21 bits per heavy atom. The van der Waals surface area contributed by atoms with Gasteiger partial charge in [0.05, 0.1) is 5.56 Å². The number of amides is 1. The number of hydrogen-bond donors (Lipinski definition) is 3. The second kappa shape index (κ2) is 5.84. The second-order valence-electron chi connectivity index (χ2n) is 5.00. The summed E-state index contributed by atoms with van der Waals surface area (Å²) in [6, 6.07) is 6.27. The third-order valence-electron chi connectivity index (χ3n) is 3.48. The summed E-state index contributed by atoms with van der Waals surface area (Å²) in [5, 5.41) is 11.6. The Bertz CT molecular complexity index is 470. The number of carboxylic acid groups (broad SMARTS) is 1. The van der Waals surface area contributed by atoms with Crippen molar-refractivity contribution in [1.29, 1.82) is 0 Å². The number of carbonyl (C=O) groups excluding carboxylic acids is 1. The van der Waals surface area contributed by atoms with Crippen molar-refractivity contribution < 1.29 is 14.7 Å². The summed E-state index contributed by atoms with van der Waals surface area (Å²) < 4.78 is 0. The molecule has 0 saturated heterocycles. The van der Waals surface area contributed by atoms with E-state index in [1.165, 1.54) is 12.1 Å². The molecule has 2 atom stereocenters. The number of anilines is 1.